The van der Waals surface area contributed by atoms with Crippen LogP contribution in [-0.2, 0) is 0 Å². The highest BCUT2D eigenvalue weighted by Crippen LogP contribution is 2.26. The minimum Gasteiger partial charge on any atom is -0.382 e. The number of benzene rings is 1. The Balaban J connectivity index is 2.45. The van der Waals surface area contributed by atoms with Crippen molar-refractivity contribution in [2.75, 3.05) is 5.73 Å². The molecule has 0 radical (unpaired) electrons. The normalized spacial score (nSPS) is 11.2. The molecule has 0 saturated heterocycles. The van der Waals surface area contributed by atoms with Gasteiger partial charge in [0.1, 0.15) is 11.6 Å². The highest BCUT2D eigenvalue weighted by molar-refractivity contribution is 5.84. The Morgan fingerprint density at radius 2 is 1.60 bits per heavy atom. The van der Waals surface area contributed by atoms with E-state index >= 15 is 0 Å². The van der Waals surface area contributed by atoms with E-state index in [1.54, 1.807) is 0 Å². The molecule has 2 heterocycles. The number of aromatic nitrogens is 4. The summed E-state index contributed by atoms with van der Waals surface area (Å²) in [4.78, 5) is 13.2. The van der Waals surface area contributed by atoms with Crippen LogP contribution in [0.15, 0.2) is 18.2 Å². The Kier molecular flexibility index (Phi) is 2.71. The number of hydrogen-bond acceptors (Lipinski definition) is 4. The standard InChI is InChI=1S/C15H17N5/c1-8-6-5-7-9(2)13(8)20-11(4)19-12-14(16)17-10(3)18-15(12)20/h5-7H,1-4H3,(H2,16,17,18). The second-order valence-electron chi connectivity index (χ2n) is 5.06. The molecule has 1 aromatic carbocycles. The number of imidazole rings is 1. The molecule has 102 valence electrons. The number of hydrogen-bond donors (Lipinski definition) is 1. The number of aryl methyl sites for hydroxylation is 4. The lowest BCUT2D eigenvalue weighted by Crippen LogP contribution is -2.04. The van der Waals surface area contributed by atoms with Gasteiger partial charge < -0.3 is 5.73 Å². The van der Waals surface area contributed by atoms with Gasteiger partial charge in [0, 0.05) is 0 Å². The highest BCUT2D eigenvalue weighted by atomic mass is 15.2. The lowest BCUT2D eigenvalue weighted by atomic mass is 10.1. The monoisotopic (exact) mass is 267 g/mol. The molecule has 0 fully saturated rings. The zero-order valence-corrected chi connectivity index (χ0v) is 12.1. The average molecular weight is 267 g/mol. The largest absolute Gasteiger partial charge is 0.382 e. The number of fused-ring (bicyclic) bond motifs is 1. The molecule has 3 rings (SSSR count). The van der Waals surface area contributed by atoms with Crippen LogP contribution >= 0.6 is 0 Å². The summed E-state index contributed by atoms with van der Waals surface area (Å²) in [7, 11) is 0. The van der Waals surface area contributed by atoms with Crippen molar-refractivity contribution in [1.29, 1.82) is 0 Å². The molecule has 5 heteroatoms. The van der Waals surface area contributed by atoms with Gasteiger partial charge in [0.15, 0.2) is 17.0 Å². The second-order valence-corrected chi connectivity index (χ2v) is 5.06. The average Bonchev–Trinajstić information content (AvgIpc) is 2.67. The summed E-state index contributed by atoms with van der Waals surface area (Å²) in [5, 5.41) is 0. The maximum Gasteiger partial charge on any atom is 0.170 e. The molecule has 0 spiro atoms. The van der Waals surface area contributed by atoms with E-state index < -0.39 is 0 Å². The second kappa shape index (κ2) is 4.30. The van der Waals surface area contributed by atoms with Crippen molar-refractivity contribution in [3.63, 3.8) is 0 Å². The lowest BCUT2D eigenvalue weighted by molar-refractivity contribution is 0.957. The minimum atomic E-state index is 0.431. The fourth-order valence-corrected chi connectivity index (χ4v) is 2.63. The number of nitrogens with zero attached hydrogens (tertiary/aromatic N) is 4. The first kappa shape index (κ1) is 12.6. The summed E-state index contributed by atoms with van der Waals surface area (Å²) in [5.41, 5.74) is 10.9. The van der Waals surface area contributed by atoms with Gasteiger partial charge in [-0.1, -0.05) is 18.2 Å². The zero-order chi connectivity index (χ0) is 14.4. The third-order valence-electron chi connectivity index (χ3n) is 3.48. The molecular weight excluding hydrogens is 250 g/mol. The molecule has 0 unspecified atom stereocenters. The van der Waals surface area contributed by atoms with E-state index in [1.165, 1.54) is 11.1 Å². The van der Waals surface area contributed by atoms with Gasteiger partial charge in [-0.25, -0.2) is 15.0 Å². The number of para-hydroxylation sites is 1. The summed E-state index contributed by atoms with van der Waals surface area (Å²) in [6, 6.07) is 6.23. The quantitative estimate of drug-likeness (QED) is 0.735. The molecule has 0 aliphatic heterocycles. The Bertz CT molecular complexity index is 796. The first-order chi connectivity index (χ1) is 9.49. The van der Waals surface area contributed by atoms with Gasteiger partial charge in [0.05, 0.1) is 5.69 Å². The van der Waals surface area contributed by atoms with E-state index in [-0.39, 0.29) is 0 Å². The first-order valence-electron chi connectivity index (χ1n) is 6.55. The molecule has 20 heavy (non-hydrogen) atoms. The van der Waals surface area contributed by atoms with E-state index in [4.69, 9.17) is 5.73 Å². The SMILES string of the molecule is Cc1nc(N)c2nc(C)n(-c3c(C)cccc3C)c2n1. The summed E-state index contributed by atoms with van der Waals surface area (Å²) < 4.78 is 2.06. The van der Waals surface area contributed by atoms with Crippen LogP contribution in [0.2, 0.25) is 0 Å². The number of nitrogens with two attached hydrogens (primary N) is 1. The van der Waals surface area contributed by atoms with Crippen molar-refractivity contribution < 1.29 is 0 Å². The maximum absolute atomic E-state index is 5.97. The third kappa shape index (κ3) is 1.74. The van der Waals surface area contributed by atoms with Crippen LogP contribution < -0.4 is 5.73 Å². The summed E-state index contributed by atoms with van der Waals surface area (Å²) in [6.07, 6.45) is 0. The topological polar surface area (TPSA) is 69.6 Å². The predicted octanol–water partition coefficient (Wildman–Crippen LogP) is 2.63. The molecular formula is C15H17N5. The van der Waals surface area contributed by atoms with Crippen molar-refractivity contribution in [3.05, 3.63) is 41.0 Å². The van der Waals surface area contributed by atoms with Crippen molar-refractivity contribution in [2.24, 2.45) is 0 Å². The van der Waals surface area contributed by atoms with Crippen LogP contribution in [0.5, 0.6) is 0 Å². The molecule has 0 saturated carbocycles. The summed E-state index contributed by atoms with van der Waals surface area (Å²) >= 11 is 0. The molecule has 2 aromatic heterocycles. The van der Waals surface area contributed by atoms with Crippen molar-refractivity contribution in [1.82, 2.24) is 19.5 Å². The minimum absolute atomic E-state index is 0.431. The Hall–Kier alpha value is -2.43. The van der Waals surface area contributed by atoms with E-state index in [9.17, 15) is 0 Å². The van der Waals surface area contributed by atoms with Gasteiger partial charge in [0.2, 0.25) is 0 Å². The van der Waals surface area contributed by atoms with Crippen molar-refractivity contribution >= 4 is 17.0 Å². The summed E-state index contributed by atoms with van der Waals surface area (Å²) in [6.45, 7) is 7.98. The highest BCUT2D eigenvalue weighted by Gasteiger charge is 2.16. The molecule has 3 aromatic rings. The first-order valence-corrected chi connectivity index (χ1v) is 6.55. The van der Waals surface area contributed by atoms with Crippen LogP contribution in [0, 0.1) is 27.7 Å². The van der Waals surface area contributed by atoms with Crippen LogP contribution in [0.25, 0.3) is 16.9 Å². The number of nitrogen functional groups attached to an aromatic ring is 1. The van der Waals surface area contributed by atoms with Gasteiger partial charge in [-0.3, -0.25) is 4.57 Å². The zero-order valence-electron chi connectivity index (χ0n) is 12.1. The molecule has 0 bridgehead atoms. The van der Waals surface area contributed by atoms with E-state index in [0.717, 1.165) is 17.2 Å². The van der Waals surface area contributed by atoms with E-state index in [2.05, 4.69) is 51.6 Å². The Morgan fingerprint density at radius 3 is 2.25 bits per heavy atom. The third-order valence-corrected chi connectivity index (χ3v) is 3.48. The van der Waals surface area contributed by atoms with Gasteiger partial charge in [-0.05, 0) is 38.8 Å². The number of rotatable bonds is 1. The number of anilines is 1. The Morgan fingerprint density at radius 1 is 0.950 bits per heavy atom. The van der Waals surface area contributed by atoms with Crippen LogP contribution in [0.1, 0.15) is 22.8 Å². The molecule has 5 nitrogen and oxygen atoms in total. The smallest absolute Gasteiger partial charge is 0.170 e. The Labute approximate surface area is 117 Å². The van der Waals surface area contributed by atoms with E-state index in [0.29, 0.717) is 17.2 Å². The van der Waals surface area contributed by atoms with Gasteiger partial charge >= 0.3 is 0 Å². The lowest BCUT2D eigenvalue weighted by Gasteiger charge is -2.13. The van der Waals surface area contributed by atoms with E-state index in [1.807, 2.05) is 13.8 Å². The molecule has 0 aliphatic carbocycles. The maximum atomic E-state index is 5.97. The van der Waals surface area contributed by atoms with Crippen LogP contribution in [0.4, 0.5) is 5.82 Å². The molecule has 2 N–H and O–H groups in total. The summed E-state index contributed by atoms with van der Waals surface area (Å²) in [5.74, 6) is 1.95. The van der Waals surface area contributed by atoms with Crippen molar-refractivity contribution in [3.8, 4) is 5.69 Å². The molecule has 0 atom stereocenters. The van der Waals surface area contributed by atoms with Crippen LogP contribution in [-0.4, -0.2) is 19.5 Å². The van der Waals surface area contributed by atoms with Gasteiger partial charge in [0.25, 0.3) is 0 Å². The van der Waals surface area contributed by atoms with Crippen molar-refractivity contribution in [2.45, 2.75) is 27.7 Å². The van der Waals surface area contributed by atoms with Gasteiger partial charge in [-0.2, -0.15) is 0 Å². The molecule has 0 aliphatic rings. The van der Waals surface area contributed by atoms with Gasteiger partial charge in [-0.15, -0.1) is 0 Å². The predicted molar refractivity (Wildman–Crippen MR) is 80.0 cm³/mol. The fourth-order valence-electron chi connectivity index (χ4n) is 2.63. The molecule has 0 amide bonds. The van der Waals surface area contributed by atoms with Crippen LogP contribution in [0.3, 0.4) is 0 Å². The fraction of sp³-hybridized carbons (Fsp3) is 0.267.